The van der Waals surface area contributed by atoms with Crippen molar-refractivity contribution in [3.05, 3.63) is 47.5 Å². The number of carbonyl (C=O) groups is 1. The van der Waals surface area contributed by atoms with E-state index in [1.165, 1.54) is 6.92 Å². The highest BCUT2D eigenvalue weighted by molar-refractivity contribution is 5.95. The maximum Gasteiger partial charge on any atom is 0.250 e. The Kier molecular flexibility index (Phi) is 2.04. The van der Waals surface area contributed by atoms with Gasteiger partial charge in [-0.05, 0) is 19.9 Å². The van der Waals surface area contributed by atoms with Gasteiger partial charge in [-0.15, -0.1) is 0 Å². The summed E-state index contributed by atoms with van der Waals surface area (Å²) in [4.78, 5) is 21.9. The molecule has 2 aliphatic rings. The molecule has 2 heterocycles. The van der Waals surface area contributed by atoms with E-state index in [1.807, 2.05) is 30.3 Å². The zero-order valence-corrected chi connectivity index (χ0v) is 9.60. The second-order valence-electron chi connectivity index (χ2n) is 4.36. The smallest absolute Gasteiger partial charge is 0.250 e. The van der Waals surface area contributed by atoms with Crippen molar-refractivity contribution in [1.82, 2.24) is 0 Å². The molecular weight excluding hydrogens is 220 g/mol. The second kappa shape index (κ2) is 3.26. The molecule has 2 aliphatic heterocycles. The van der Waals surface area contributed by atoms with E-state index in [0.717, 1.165) is 5.56 Å². The Labute approximate surface area is 98.7 Å². The largest absolute Gasteiger partial charge is 0.301 e. The molecule has 4 nitrogen and oxygen atoms in total. The van der Waals surface area contributed by atoms with Gasteiger partial charge in [0.05, 0.1) is 5.57 Å². The van der Waals surface area contributed by atoms with E-state index in [9.17, 15) is 4.79 Å². The molecule has 2 atom stereocenters. The van der Waals surface area contributed by atoms with Crippen molar-refractivity contribution < 1.29 is 19.3 Å². The Morgan fingerprint density at radius 1 is 1.18 bits per heavy atom. The molecule has 0 N–H and O–H groups in total. The molecule has 3 rings (SSSR count). The van der Waals surface area contributed by atoms with Crippen LogP contribution in [-0.2, 0) is 25.1 Å². The van der Waals surface area contributed by atoms with E-state index in [-0.39, 0.29) is 5.78 Å². The summed E-state index contributed by atoms with van der Waals surface area (Å²) < 4.78 is 5.75. The van der Waals surface area contributed by atoms with E-state index < -0.39 is 11.6 Å². The number of fused-ring (bicyclic) bond motifs is 2. The highest BCUT2D eigenvalue weighted by Gasteiger charge is 2.59. The molecule has 0 aliphatic carbocycles. The number of ketones is 1. The van der Waals surface area contributed by atoms with Gasteiger partial charge in [0.1, 0.15) is 0 Å². The van der Waals surface area contributed by atoms with Crippen molar-refractivity contribution in [2.75, 3.05) is 0 Å². The minimum Gasteiger partial charge on any atom is -0.301 e. The van der Waals surface area contributed by atoms with E-state index in [2.05, 4.69) is 0 Å². The zero-order valence-electron chi connectivity index (χ0n) is 9.60. The van der Waals surface area contributed by atoms with Crippen LogP contribution in [0.2, 0.25) is 0 Å². The Hall–Kier alpha value is -1.49. The Bertz CT molecular complexity index is 507. The van der Waals surface area contributed by atoms with Gasteiger partial charge < -0.3 is 4.74 Å². The standard InChI is InChI=1S/C13H12O4/c1-9(14)11-8-13(10-6-4-3-5-7-10)15-12(11,2)16-17-13/h3-8H,1-2H3/t12-,13-/m0/s1. The average Bonchev–Trinajstić information content (AvgIpc) is 2.82. The lowest BCUT2D eigenvalue weighted by molar-refractivity contribution is -0.341. The second-order valence-corrected chi connectivity index (χ2v) is 4.36. The number of ether oxygens (including phenoxy) is 1. The number of carbonyl (C=O) groups excluding carboxylic acids is 1. The van der Waals surface area contributed by atoms with Crippen LogP contribution in [0, 0.1) is 0 Å². The molecule has 4 heteroatoms. The molecule has 17 heavy (non-hydrogen) atoms. The van der Waals surface area contributed by atoms with Gasteiger partial charge in [-0.1, -0.05) is 30.3 Å². The maximum atomic E-state index is 11.5. The molecule has 0 amide bonds. The van der Waals surface area contributed by atoms with E-state index in [4.69, 9.17) is 14.5 Å². The van der Waals surface area contributed by atoms with Crippen molar-refractivity contribution in [2.45, 2.75) is 25.4 Å². The number of rotatable bonds is 2. The first-order valence-corrected chi connectivity index (χ1v) is 5.43. The van der Waals surface area contributed by atoms with Gasteiger partial charge in [-0.25, -0.2) is 0 Å². The Balaban J connectivity index is 2.10. The Morgan fingerprint density at radius 2 is 1.88 bits per heavy atom. The molecule has 2 bridgehead atoms. The van der Waals surface area contributed by atoms with Crippen LogP contribution in [0.25, 0.3) is 0 Å². The lowest BCUT2D eigenvalue weighted by atomic mass is 10.0. The van der Waals surface area contributed by atoms with Crippen LogP contribution in [-0.4, -0.2) is 11.6 Å². The van der Waals surface area contributed by atoms with Gasteiger partial charge in [-0.2, -0.15) is 9.78 Å². The highest BCUT2D eigenvalue weighted by atomic mass is 17.3. The molecule has 1 fully saturated rings. The monoisotopic (exact) mass is 232 g/mol. The number of hydrogen-bond donors (Lipinski definition) is 0. The van der Waals surface area contributed by atoms with Crippen LogP contribution in [0.5, 0.6) is 0 Å². The summed E-state index contributed by atoms with van der Waals surface area (Å²) in [6, 6.07) is 9.40. The molecule has 0 radical (unpaired) electrons. The van der Waals surface area contributed by atoms with Crippen molar-refractivity contribution >= 4 is 5.78 Å². The van der Waals surface area contributed by atoms with Crippen molar-refractivity contribution in [2.24, 2.45) is 0 Å². The first kappa shape index (κ1) is 10.7. The van der Waals surface area contributed by atoms with E-state index in [0.29, 0.717) is 5.57 Å². The molecule has 88 valence electrons. The van der Waals surface area contributed by atoms with Gasteiger partial charge in [0.25, 0.3) is 5.79 Å². The molecular formula is C13H12O4. The first-order chi connectivity index (χ1) is 8.06. The predicted molar refractivity (Wildman–Crippen MR) is 58.5 cm³/mol. The van der Waals surface area contributed by atoms with Crippen LogP contribution < -0.4 is 0 Å². The third-order valence-electron chi connectivity index (χ3n) is 3.05. The fourth-order valence-electron chi connectivity index (χ4n) is 2.22. The molecule has 0 spiro atoms. The number of Topliss-reactive ketones (excluding diaryl/α,β-unsaturated/α-hetero) is 1. The summed E-state index contributed by atoms with van der Waals surface area (Å²) in [6.07, 6.45) is 1.69. The van der Waals surface area contributed by atoms with Crippen LogP contribution in [0.1, 0.15) is 19.4 Å². The van der Waals surface area contributed by atoms with Crippen molar-refractivity contribution in [1.29, 1.82) is 0 Å². The zero-order chi connectivity index (χ0) is 12.1. The maximum absolute atomic E-state index is 11.5. The molecule has 1 aromatic rings. The average molecular weight is 232 g/mol. The normalized spacial score (nSPS) is 34.8. The highest BCUT2D eigenvalue weighted by Crippen LogP contribution is 2.51. The summed E-state index contributed by atoms with van der Waals surface area (Å²) >= 11 is 0. The number of benzene rings is 1. The fraction of sp³-hybridized carbons (Fsp3) is 0.308. The third-order valence-corrected chi connectivity index (χ3v) is 3.05. The Morgan fingerprint density at radius 3 is 2.47 bits per heavy atom. The first-order valence-electron chi connectivity index (χ1n) is 5.43. The SMILES string of the molecule is CC(=O)C1=C[C@@]2(c3ccccc3)OO[C@]1(C)O2. The number of hydrogen-bond acceptors (Lipinski definition) is 4. The minimum atomic E-state index is -1.10. The summed E-state index contributed by atoms with van der Waals surface area (Å²) in [5.74, 6) is -2.26. The van der Waals surface area contributed by atoms with Gasteiger partial charge in [-0.3, -0.25) is 4.79 Å². The summed E-state index contributed by atoms with van der Waals surface area (Å²) in [6.45, 7) is 3.17. The lowest BCUT2D eigenvalue weighted by Gasteiger charge is -2.19. The van der Waals surface area contributed by atoms with Gasteiger partial charge in [0.15, 0.2) is 5.78 Å². The summed E-state index contributed by atoms with van der Waals surface area (Å²) in [7, 11) is 0. The summed E-state index contributed by atoms with van der Waals surface area (Å²) in [5, 5.41) is 0. The third kappa shape index (κ3) is 1.38. The van der Waals surface area contributed by atoms with Gasteiger partial charge in [0, 0.05) is 5.56 Å². The quantitative estimate of drug-likeness (QED) is 0.732. The molecule has 0 saturated carbocycles. The fourth-order valence-corrected chi connectivity index (χ4v) is 2.22. The van der Waals surface area contributed by atoms with E-state index in [1.54, 1.807) is 13.0 Å². The van der Waals surface area contributed by atoms with Crippen LogP contribution >= 0.6 is 0 Å². The van der Waals surface area contributed by atoms with E-state index >= 15 is 0 Å². The summed E-state index contributed by atoms with van der Waals surface area (Å²) in [5.41, 5.74) is 1.30. The lowest BCUT2D eigenvalue weighted by Crippen LogP contribution is -2.29. The van der Waals surface area contributed by atoms with Crippen molar-refractivity contribution in [3.63, 3.8) is 0 Å². The molecule has 0 unspecified atom stereocenters. The van der Waals surface area contributed by atoms with Crippen molar-refractivity contribution in [3.8, 4) is 0 Å². The van der Waals surface area contributed by atoms with Crippen LogP contribution in [0.15, 0.2) is 42.0 Å². The van der Waals surface area contributed by atoms with Gasteiger partial charge >= 0.3 is 0 Å². The molecule has 0 aromatic heterocycles. The predicted octanol–water partition coefficient (Wildman–Crippen LogP) is 2.06. The molecule has 1 aromatic carbocycles. The topological polar surface area (TPSA) is 44.8 Å². The van der Waals surface area contributed by atoms with Gasteiger partial charge in [0.2, 0.25) is 5.79 Å². The van der Waals surface area contributed by atoms with Crippen LogP contribution in [0.3, 0.4) is 0 Å². The molecule has 1 saturated heterocycles. The van der Waals surface area contributed by atoms with Crippen LogP contribution in [0.4, 0.5) is 0 Å². The minimum absolute atomic E-state index is 0.0754.